The summed E-state index contributed by atoms with van der Waals surface area (Å²) < 4.78 is 0. The van der Waals surface area contributed by atoms with Crippen LogP contribution in [-0.2, 0) is 4.79 Å². The molecule has 0 unspecified atom stereocenters. The van der Waals surface area contributed by atoms with E-state index in [2.05, 4.69) is 25.7 Å². The summed E-state index contributed by atoms with van der Waals surface area (Å²) in [7, 11) is 2.04. The topological polar surface area (TPSA) is 23.6 Å². The molecule has 1 amide bonds. The minimum absolute atomic E-state index is 0.172. The molecule has 0 saturated carbocycles. The van der Waals surface area contributed by atoms with Crippen LogP contribution in [0.4, 0.5) is 0 Å². The molecule has 13 heavy (non-hydrogen) atoms. The molecule has 1 aliphatic rings. The number of amides is 1. The number of rotatable bonds is 3. The van der Waals surface area contributed by atoms with Crippen molar-refractivity contribution in [2.75, 3.05) is 26.8 Å². The summed E-state index contributed by atoms with van der Waals surface area (Å²) in [6.07, 6.45) is 0.699. The van der Waals surface area contributed by atoms with Crippen LogP contribution >= 0.6 is 0 Å². The van der Waals surface area contributed by atoms with Gasteiger partial charge in [0.25, 0.3) is 0 Å². The Morgan fingerprint density at radius 2 is 2.15 bits per heavy atom. The number of hydrogen-bond acceptors (Lipinski definition) is 2. The Morgan fingerprint density at radius 3 is 2.54 bits per heavy atom. The van der Waals surface area contributed by atoms with Crippen molar-refractivity contribution in [2.45, 2.75) is 27.2 Å². The molecule has 0 radical (unpaired) electrons. The molecule has 1 rings (SSSR count). The van der Waals surface area contributed by atoms with Crippen LogP contribution in [0.5, 0.6) is 0 Å². The van der Waals surface area contributed by atoms with Crippen LogP contribution in [0.3, 0.4) is 0 Å². The average molecular weight is 184 g/mol. The lowest BCUT2D eigenvalue weighted by atomic mass is 9.93. The van der Waals surface area contributed by atoms with E-state index in [0.29, 0.717) is 12.3 Å². The number of hydrogen-bond donors (Lipinski definition) is 0. The van der Waals surface area contributed by atoms with Crippen molar-refractivity contribution in [1.29, 1.82) is 0 Å². The van der Waals surface area contributed by atoms with E-state index >= 15 is 0 Å². The molecule has 0 aromatic rings. The smallest absolute Gasteiger partial charge is 0.224 e. The highest BCUT2D eigenvalue weighted by atomic mass is 16.2. The molecule has 0 bridgehead atoms. The fourth-order valence-electron chi connectivity index (χ4n) is 1.70. The molecule has 1 saturated heterocycles. The molecule has 1 aliphatic heterocycles. The van der Waals surface area contributed by atoms with E-state index in [1.165, 1.54) is 0 Å². The van der Waals surface area contributed by atoms with Crippen molar-refractivity contribution in [2.24, 2.45) is 5.41 Å². The first kappa shape index (κ1) is 10.5. The fraction of sp³-hybridized carbons (Fsp3) is 0.900. The van der Waals surface area contributed by atoms with Gasteiger partial charge in [-0.25, -0.2) is 0 Å². The van der Waals surface area contributed by atoms with Gasteiger partial charge in [0.05, 0.1) is 6.67 Å². The summed E-state index contributed by atoms with van der Waals surface area (Å²) in [5.41, 5.74) is 0.172. The second-order valence-electron chi connectivity index (χ2n) is 4.75. The molecule has 0 aliphatic carbocycles. The number of nitrogens with zero attached hydrogens (tertiary/aromatic N) is 2. The van der Waals surface area contributed by atoms with E-state index in [1.54, 1.807) is 0 Å². The van der Waals surface area contributed by atoms with Gasteiger partial charge < -0.3 is 4.90 Å². The van der Waals surface area contributed by atoms with Crippen molar-refractivity contribution in [1.82, 2.24) is 9.80 Å². The minimum atomic E-state index is 0.172. The van der Waals surface area contributed by atoms with Crippen molar-refractivity contribution >= 4 is 5.91 Å². The molecule has 0 aromatic carbocycles. The molecular formula is C10H20N2O. The summed E-state index contributed by atoms with van der Waals surface area (Å²) in [5.74, 6) is 0.297. The SMILES string of the molecule is CCN(C)CN1CC(C)(C)CC1=O. The first-order valence-corrected chi connectivity index (χ1v) is 4.91. The van der Waals surface area contributed by atoms with Gasteiger partial charge >= 0.3 is 0 Å². The zero-order valence-corrected chi connectivity index (χ0v) is 9.13. The van der Waals surface area contributed by atoms with E-state index in [0.717, 1.165) is 19.8 Å². The first-order valence-electron chi connectivity index (χ1n) is 4.91. The predicted octanol–water partition coefficient (Wildman–Crippen LogP) is 1.15. The maximum absolute atomic E-state index is 11.5. The van der Waals surface area contributed by atoms with Crippen molar-refractivity contribution in [3.05, 3.63) is 0 Å². The van der Waals surface area contributed by atoms with Crippen LogP contribution < -0.4 is 0 Å². The van der Waals surface area contributed by atoms with Gasteiger partial charge in [0.1, 0.15) is 0 Å². The summed E-state index contributed by atoms with van der Waals surface area (Å²) in [5, 5.41) is 0. The zero-order valence-electron chi connectivity index (χ0n) is 9.13. The Labute approximate surface area is 80.7 Å². The first-order chi connectivity index (χ1) is 5.94. The molecule has 1 heterocycles. The molecule has 1 fully saturated rings. The number of carbonyl (C=O) groups is 1. The van der Waals surface area contributed by atoms with Gasteiger partial charge in [-0.3, -0.25) is 9.69 Å². The quantitative estimate of drug-likeness (QED) is 0.657. The maximum Gasteiger partial charge on any atom is 0.224 e. The summed E-state index contributed by atoms with van der Waals surface area (Å²) in [6.45, 7) is 9.07. The lowest BCUT2D eigenvalue weighted by Gasteiger charge is -2.24. The standard InChI is InChI=1S/C10H20N2O/c1-5-11(4)8-12-7-10(2,3)6-9(12)13/h5-8H2,1-4H3. The van der Waals surface area contributed by atoms with E-state index in [-0.39, 0.29) is 5.41 Å². The lowest BCUT2D eigenvalue weighted by molar-refractivity contribution is -0.129. The van der Waals surface area contributed by atoms with E-state index < -0.39 is 0 Å². The van der Waals surface area contributed by atoms with Crippen molar-refractivity contribution in [3.8, 4) is 0 Å². The maximum atomic E-state index is 11.5. The number of carbonyl (C=O) groups excluding carboxylic acids is 1. The fourth-order valence-corrected chi connectivity index (χ4v) is 1.70. The average Bonchev–Trinajstić information content (AvgIpc) is 2.24. The largest absolute Gasteiger partial charge is 0.329 e. The Hall–Kier alpha value is -0.570. The molecular weight excluding hydrogens is 164 g/mol. The van der Waals surface area contributed by atoms with Crippen LogP contribution in [0.25, 0.3) is 0 Å². The van der Waals surface area contributed by atoms with Crippen LogP contribution in [0.1, 0.15) is 27.2 Å². The van der Waals surface area contributed by atoms with E-state index in [1.807, 2.05) is 11.9 Å². The molecule has 76 valence electrons. The lowest BCUT2D eigenvalue weighted by Crippen LogP contribution is -2.37. The van der Waals surface area contributed by atoms with Crippen molar-refractivity contribution < 1.29 is 4.79 Å². The highest BCUT2D eigenvalue weighted by Gasteiger charge is 2.35. The number of likely N-dealkylation sites (tertiary alicyclic amines) is 1. The van der Waals surface area contributed by atoms with Gasteiger partial charge in [-0.1, -0.05) is 20.8 Å². The summed E-state index contributed by atoms with van der Waals surface area (Å²) in [4.78, 5) is 15.6. The summed E-state index contributed by atoms with van der Waals surface area (Å²) >= 11 is 0. The minimum Gasteiger partial charge on any atom is -0.329 e. The van der Waals surface area contributed by atoms with Gasteiger partial charge in [-0.2, -0.15) is 0 Å². The Balaban J connectivity index is 2.49. The summed E-state index contributed by atoms with van der Waals surface area (Å²) in [6, 6.07) is 0. The highest BCUT2D eigenvalue weighted by molar-refractivity contribution is 5.79. The van der Waals surface area contributed by atoms with E-state index in [9.17, 15) is 4.79 Å². The third-order valence-corrected chi connectivity index (χ3v) is 2.55. The van der Waals surface area contributed by atoms with Crippen molar-refractivity contribution in [3.63, 3.8) is 0 Å². The highest BCUT2D eigenvalue weighted by Crippen LogP contribution is 2.29. The Kier molecular flexibility index (Phi) is 2.96. The van der Waals surface area contributed by atoms with Gasteiger partial charge in [0, 0.05) is 13.0 Å². The predicted molar refractivity (Wildman–Crippen MR) is 53.3 cm³/mol. The third-order valence-electron chi connectivity index (χ3n) is 2.55. The van der Waals surface area contributed by atoms with Crippen LogP contribution in [0.2, 0.25) is 0 Å². The molecule has 0 spiro atoms. The van der Waals surface area contributed by atoms with E-state index in [4.69, 9.17) is 0 Å². The Morgan fingerprint density at radius 1 is 1.54 bits per heavy atom. The molecule has 0 atom stereocenters. The van der Waals surface area contributed by atoms with Crippen LogP contribution in [0, 0.1) is 5.41 Å². The molecule has 0 aromatic heterocycles. The van der Waals surface area contributed by atoms with Crippen LogP contribution in [0.15, 0.2) is 0 Å². The van der Waals surface area contributed by atoms with Crippen LogP contribution in [-0.4, -0.2) is 42.5 Å². The molecule has 3 heteroatoms. The monoisotopic (exact) mass is 184 g/mol. The second kappa shape index (κ2) is 3.66. The third kappa shape index (κ3) is 2.69. The Bertz CT molecular complexity index is 201. The van der Waals surface area contributed by atoms with Gasteiger partial charge in [-0.05, 0) is 19.0 Å². The molecule has 3 nitrogen and oxygen atoms in total. The molecule has 0 N–H and O–H groups in total. The normalized spacial score (nSPS) is 21.6. The van der Waals surface area contributed by atoms with Gasteiger partial charge in [-0.15, -0.1) is 0 Å². The van der Waals surface area contributed by atoms with Gasteiger partial charge in [0.2, 0.25) is 5.91 Å². The zero-order chi connectivity index (χ0) is 10.1. The van der Waals surface area contributed by atoms with Gasteiger partial charge in [0.15, 0.2) is 0 Å². The second-order valence-corrected chi connectivity index (χ2v) is 4.75.